The first kappa shape index (κ1) is 66.7. The number of benzene rings is 4. The molecule has 3 amide bonds. The van der Waals surface area contributed by atoms with Crippen LogP contribution in [0.15, 0.2) is 141 Å². The van der Waals surface area contributed by atoms with E-state index in [1.807, 2.05) is 137 Å². The molecule has 8 heterocycles. The smallest absolute Gasteiger partial charge is 0.272 e. The third kappa shape index (κ3) is 14.2. The molecule has 3 aliphatic rings. The number of hydrogen-bond acceptors (Lipinski definition) is 16. The number of rotatable bonds is 12. The highest BCUT2D eigenvalue weighted by molar-refractivity contribution is 7.12. The number of thiophene rings is 1. The van der Waals surface area contributed by atoms with Crippen molar-refractivity contribution in [1.29, 1.82) is 15.8 Å². The van der Waals surface area contributed by atoms with Crippen molar-refractivity contribution < 1.29 is 18.8 Å². The first-order valence-electron chi connectivity index (χ1n) is 30.8. The van der Waals surface area contributed by atoms with Gasteiger partial charge in [-0.05, 0) is 119 Å². The average molecular weight is 1300 g/mol. The Morgan fingerprint density at radius 2 is 1.02 bits per heavy atom. The second-order valence-electron chi connectivity index (χ2n) is 23.6. The number of pyridine rings is 4. The third-order valence-electron chi connectivity index (χ3n) is 17.1. The van der Waals surface area contributed by atoms with E-state index in [1.54, 1.807) is 56.4 Å². The summed E-state index contributed by atoms with van der Waals surface area (Å²) in [5.41, 5.74) is 5.67. The Labute approximate surface area is 552 Å². The van der Waals surface area contributed by atoms with Gasteiger partial charge in [0.2, 0.25) is 0 Å². The largest absolute Gasteiger partial charge is 0.366 e. The zero-order valence-electron chi connectivity index (χ0n) is 53.3. The maximum Gasteiger partial charge on any atom is 0.272 e. The number of halogens is 2. The third-order valence-corrected chi connectivity index (χ3v) is 18.2. The second kappa shape index (κ2) is 29.6. The molecule has 21 nitrogen and oxygen atoms in total. The van der Waals surface area contributed by atoms with Gasteiger partial charge in [-0.2, -0.15) is 15.8 Å². The van der Waals surface area contributed by atoms with Crippen LogP contribution in [0.3, 0.4) is 0 Å². The van der Waals surface area contributed by atoms with Crippen molar-refractivity contribution in [2.45, 2.75) is 20.0 Å². The maximum atomic E-state index is 13.4. The van der Waals surface area contributed by atoms with Crippen LogP contribution in [0.4, 0.5) is 21.5 Å². The Kier molecular flexibility index (Phi) is 21.0. The number of aryl methyl sites for hydroxylation is 2. The summed E-state index contributed by atoms with van der Waals surface area (Å²) in [4.78, 5) is 97.7. The van der Waals surface area contributed by atoms with Gasteiger partial charge in [-0.3, -0.25) is 33.8 Å². The molecule has 0 radical (unpaired) electrons. The van der Waals surface area contributed by atoms with E-state index in [1.165, 1.54) is 40.2 Å². The lowest BCUT2D eigenvalue weighted by atomic mass is 10.0. The number of likely N-dealkylation sites (N-methyl/N-ethyl adjacent to an activating group) is 2. The molecular weight excluding hydrogens is 1230 g/mol. The van der Waals surface area contributed by atoms with Crippen LogP contribution < -0.4 is 31.4 Å². The Balaban J connectivity index is 0.000000155. The molecule has 0 aliphatic carbocycles. The van der Waals surface area contributed by atoms with Crippen LogP contribution in [0.2, 0.25) is 5.02 Å². The number of amides is 3. The van der Waals surface area contributed by atoms with E-state index in [9.17, 15) is 48.9 Å². The van der Waals surface area contributed by atoms with E-state index in [-0.39, 0.29) is 56.9 Å². The summed E-state index contributed by atoms with van der Waals surface area (Å²) in [5, 5.41) is 34.5. The summed E-state index contributed by atoms with van der Waals surface area (Å²) >= 11 is 7.75. The molecule has 3 fully saturated rings. The molecule has 0 unspecified atom stereocenters. The van der Waals surface area contributed by atoms with Crippen molar-refractivity contribution in [2.75, 3.05) is 135 Å². The number of anilines is 3. The number of fused-ring (bicyclic) bond motifs is 3. The number of aromatic nitrogens is 4. The first-order valence-corrected chi connectivity index (χ1v) is 32.1. The van der Waals surface area contributed by atoms with Crippen LogP contribution in [0.25, 0.3) is 32.7 Å². The van der Waals surface area contributed by atoms with Crippen molar-refractivity contribution in [2.24, 2.45) is 7.05 Å². The van der Waals surface area contributed by atoms with Crippen LogP contribution in [0, 0.1) is 46.7 Å². The van der Waals surface area contributed by atoms with Gasteiger partial charge in [0.25, 0.3) is 34.4 Å². The fourth-order valence-electron chi connectivity index (χ4n) is 12.2. The monoisotopic (exact) mass is 1300 g/mol. The summed E-state index contributed by atoms with van der Waals surface area (Å²) in [7, 11) is 9.47. The first-order chi connectivity index (χ1) is 45.3. The number of nitriles is 3. The second-order valence-corrected chi connectivity index (χ2v) is 25.0. The highest BCUT2D eigenvalue weighted by atomic mass is 35.5. The van der Waals surface area contributed by atoms with Crippen molar-refractivity contribution in [1.82, 2.24) is 43.2 Å². The lowest BCUT2D eigenvalue weighted by Crippen LogP contribution is -2.49. The van der Waals surface area contributed by atoms with Gasteiger partial charge in [0.1, 0.15) is 46.4 Å². The molecule has 9 aromatic rings. The molecule has 4 aromatic carbocycles. The van der Waals surface area contributed by atoms with Crippen molar-refractivity contribution in [3.05, 3.63) is 207 Å². The van der Waals surface area contributed by atoms with Gasteiger partial charge in [0.05, 0.1) is 38.5 Å². The molecule has 0 saturated carbocycles. The normalized spacial score (nSPS) is 14.1. The predicted octanol–water partition coefficient (Wildman–Crippen LogP) is 7.72. The quantitative estimate of drug-likeness (QED) is 0.114. The molecule has 0 N–H and O–H groups in total. The number of hydrogen-bond donors (Lipinski definition) is 0. The van der Waals surface area contributed by atoms with Crippen molar-refractivity contribution in [3.63, 3.8) is 0 Å². The number of carbonyl (C=O) groups excluding carboxylic acids is 3. The molecule has 12 rings (SSSR count). The predicted molar refractivity (Wildman–Crippen MR) is 366 cm³/mol. The Morgan fingerprint density at radius 1 is 0.543 bits per heavy atom. The minimum absolute atomic E-state index is 0.0205. The van der Waals surface area contributed by atoms with E-state index in [2.05, 4.69) is 23.2 Å². The van der Waals surface area contributed by atoms with Gasteiger partial charge in [0, 0.05) is 145 Å². The summed E-state index contributed by atoms with van der Waals surface area (Å²) in [5.74, 6) is -0.616. The Hall–Kier alpha value is -10.2. The molecule has 3 aliphatic heterocycles. The zero-order chi connectivity index (χ0) is 66.9. The van der Waals surface area contributed by atoms with Crippen LogP contribution in [0.1, 0.15) is 52.8 Å². The van der Waals surface area contributed by atoms with Gasteiger partial charge < -0.3 is 52.9 Å². The average Bonchev–Trinajstić information content (AvgIpc) is 0.895. The summed E-state index contributed by atoms with van der Waals surface area (Å²) in [6.07, 6.45) is 1.61. The number of piperazine rings is 3. The lowest BCUT2D eigenvalue weighted by molar-refractivity contribution is 0.0735. The lowest BCUT2D eigenvalue weighted by Gasteiger charge is -2.37. The Morgan fingerprint density at radius 3 is 1.52 bits per heavy atom. The Bertz CT molecular complexity index is 4630. The summed E-state index contributed by atoms with van der Waals surface area (Å²) < 4.78 is 18.1. The van der Waals surface area contributed by atoms with Crippen molar-refractivity contribution in [3.8, 4) is 18.2 Å². The number of para-hydroxylation sites is 1. The highest BCUT2D eigenvalue weighted by Gasteiger charge is 2.31. The minimum Gasteiger partial charge on any atom is -0.366 e. The fraction of sp³-hybridized carbons (Fsp3) is 0.314. The minimum atomic E-state index is -0.382. The maximum absolute atomic E-state index is 13.4. The molecule has 24 heteroatoms. The molecule has 0 bridgehead atoms. The number of nitrogens with zero attached hydrogens (tertiary/aromatic N) is 15. The van der Waals surface area contributed by atoms with E-state index in [4.69, 9.17) is 11.6 Å². The van der Waals surface area contributed by atoms with Crippen molar-refractivity contribution >= 4 is 90.4 Å². The molecule has 94 heavy (non-hydrogen) atoms. The standard InChI is InChI=1S/C26H28FN5O2.C23H24ClN5O2S.C21H19N5O2/c1-18-4-9-23-21(16-18)24(22(17-28)26(34)32(23)15-10-29(2)3)30-11-13-31(14-12-30)25(33)19-5-7-20(27)8-6-19;1-26(2)7-12-29-19-6-5-16(24)14-17(19)21(18(15-25)22(29)30)27-8-10-28(11-9-27)23(31)20-4-3-13-32-20;1-24-18-8-3-2-6-15(18)19(16(14-22)20(24)27)25-10-12-26(13-11-25)21(28)17-7-4-5-9-23-17/h4-9,16H,10-15H2,1-3H3;3-6,13-14H,7-12H2,1-2H3;2-9H,10-13H2,1H3. The molecule has 5 aromatic heterocycles. The molecule has 482 valence electrons. The summed E-state index contributed by atoms with van der Waals surface area (Å²) in [6.45, 7) is 10.4. The van der Waals surface area contributed by atoms with Crippen LogP contribution in [-0.2, 0) is 20.1 Å². The summed E-state index contributed by atoms with van der Waals surface area (Å²) in [6, 6.07) is 39.9. The molecule has 3 saturated heterocycles. The van der Waals surface area contributed by atoms with Crippen LogP contribution in [0.5, 0.6) is 0 Å². The van der Waals surface area contributed by atoms with Gasteiger partial charge in [-0.15, -0.1) is 11.3 Å². The molecule has 0 spiro atoms. The van der Waals surface area contributed by atoms with Gasteiger partial charge in [-0.1, -0.05) is 53.6 Å². The van der Waals surface area contributed by atoms with E-state index in [0.717, 1.165) is 43.1 Å². The van der Waals surface area contributed by atoms with Crippen LogP contribution >= 0.6 is 22.9 Å². The molecular formula is C70H71ClFN15O6S. The van der Waals surface area contributed by atoms with E-state index >= 15 is 0 Å². The van der Waals surface area contributed by atoms with Gasteiger partial charge in [-0.25, -0.2) is 4.39 Å². The van der Waals surface area contributed by atoms with E-state index in [0.29, 0.717) is 138 Å². The topological polar surface area (TPSA) is 227 Å². The SMILES string of the molecule is CN(C)CCn1c(=O)c(C#N)c(N2CCN(C(=O)c3cccs3)CC2)c2cc(Cl)ccc21.Cc1ccc2c(c1)c(N1CCN(C(=O)c3ccc(F)cc3)CC1)c(C#N)c(=O)n2CCN(C)C.Cn1c(=O)c(C#N)c(N2CCN(C(=O)c3ccccn3)CC2)c2ccccc21. The number of carbonyl (C=O) groups is 3. The van der Waals surface area contributed by atoms with E-state index < -0.39 is 0 Å². The fourth-order valence-corrected chi connectivity index (χ4v) is 13.0. The highest BCUT2D eigenvalue weighted by Crippen LogP contribution is 2.34. The van der Waals surface area contributed by atoms with Crippen LogP contribution in [-0.4, -0.2) is 181 Å². The van der Waals surface area contributed by atoms with Gasteiger partial charge in [0.15, 0.2) is 0 Å². The van der Waals surface area contributed by atoms with Gasteiger partial charge >= 0.3 is 0 Å². The zero-order valence-corrected chi connectivity index (χ0v) is 54.8. The molecule has 0 atom stereocenters.